The van der Waals surface area contributed by atoms with Crippen molar-refractivity contribution in [2.24, 2.45) is 0 Å². The number of aryl methyl sites for hydroxylation is 1. The van der Waals surface area contributed by atoms with Gasteiger partial charge in [-0.1, -0.05) is 18.2 Å². The Hall–Kier alpha value is -3.11. The number of rotatable bonds is 4. The van der Waals surface area contributed by atoms with E-state index in [1.165, 1.54) is 10.4 Å². The molecule has 3 aliphatic heterocycles. The summed E-state index contributed by atoms with van der Waals surface area (Å²) in [6, 6.07) is 12.5. The fraction of sp³-hybridized carbons (Fsp3) is 0.440. The van der Waals surface area contributed by atoms with Gasteiger partial charge in [-0.25, -0.2) is 8.42 Å². The van der Waals surface area contributed by atoms with Gasteiger partial charge in [-0.05, 0) is 50.5 Å². The van der Waals surface area contributed by atoms with E-state index >= 15 is 0 Å². The molecule has 2 atom stereocenters. The van der Waals surface area contributed by atoms with Gasteiger partial charge in [0.2, 0.25) is 15.9 Å². The summed E-state index contributed by atoms with van der Waals surface area (Å²) >= 11 is 0. The predicted octanol–water partition coefficient (Wildman–Crippen LogP) is 2.22. The average Bonchev–Trinajstić information content (AvgIpc) is 3.36. The number of carbonyl (C=O) groups is 2. The fourth-order valence-corrected chi connectivity index (χ4v) is 6.93. The highest BCUT2D eigenvalue weighted by atomic mass is 32.2. The summed E-state index contributed by atoms with van der Waals surface area (Å²) in [5, 5.41) is 2.75. The lowest BCUT2D eigenvalue weighted by Crippen LogP contribution is -2.54. The Labute approximate surface area is 205 Å². The average molecular weight is 499 g/mol. The van der Waals surface area contributed by atoms with E-state index in [-0.39, 0.29) is 16.7 Å². The lowest BCUT2D eigenvalue weighted by atomic mass is 10.1. The van der Waals surface area contributed by atoms with Gasteiger partial charge in [0, 0.05) is 44.5 Å². The lowest BCUT2D eigenvalue weighted by molar-refractivity contribution is -0.134. The summed E-state index contributed by atoms with van der Waals surface area (Å²) in [5.41, 5.74) is 2.08. The van der Waals surface area contributed by atoms with Gasteiger partial charge >= 0.3 is 0 Å². The quantitative estimate of drug-likeness (QED) is 0.694. The Morgan fingerprint density at radius 1 is 1.06 bits per heavy atom. The maximum atomic E-state index is 13.7. The smallest absolute Gasteiger partial charge is 0.265 e. The Morgan fingerprint density at radius 2 is 1.77 bits per heavy atom. The van der Waals surface area contributed by atoms with Gasteiger partial charge in [0.1, 0.15) is 11.8 Å². The second kappa shape index (κ2) is 9.16. The molecule has 10 heteroatoms. The molecule has 3 aliphatic rings. The minimum Gasteiger partial charge on any atom is -0.479 e. The molecule has 35 heavy (non-hydrogen) atoms. The normalized spacial score (nSPS) is 23.0. The van der Waals surface area contributed by atoms with Crippen LogP contribution in [-0.2, 0) is 19.6 Å². The summed E-state index contributed by atoms with van der Waals surface area (Å²) in [6.07, 6.45) is 0.425. The molecule has 2 saturated heterocycles. The van der Waals surface area contributed by atoms with Crippen molar-refractivity contribution in [3.63, 3.8) is 0 Å². The minimum atomic E-state index is -3.94. The zero-order chi connectivity index (χ0) is 24.7. The van der Waals surface area contributed by atoms with Crippen molar-refractivity contribution in [1.82, 2.24) is 9.21 Å². The molecule has 2 amide bonds. The van der Waals surface area contributed by atoms with Gasteiger partial charge in [-0.15, -0.1) is 0 Å². The van der Waals surface area contributed by atoms with Gasteiger partial charge < -0.3 is 19.9 Å². The molecule has 3 heterocycles. The van der Waals surface area contributed by atoms with Crippen LogP contribution in [-0.4, -0.2) is 74.3 Å². The number of piperazine rings is 1. The van der Waals surface area contributed by atoms with Gasteiger partial charge in [0.15, 0.2) is 6.10 Å². The maximum Gasteiger partial charge on any atom is 0.265 e. The van der Waals surface area contributed by atoms with Gasteiger partial charge in [0.25, 0.3) is 5.91 Å². The number of ether oxygens (including phenoxy) is 1. The van der Waals surface area contributed by atoms with Crippen LogP contribution in [0.3, 0.4) is 0 Å². The van der Waals surface area contributed by atoms with Crippen LogP contribution in [0.5, 0.6) is 5.75 Å². The molecule has 186 valence electrons. The summed E-state index contributed by atoms with van der Waals surface area (Å²) in [4.78, 5) is 29.5. The van der Waals surface area contributed by atoms with Crippen LogP contribution in [0.2, 0.25) is 0 Å². The van der Waals surface area contributed by atoms with E-state index in [4.69, 9.17) is 4.74 Å². The Bertz CT molecular complexity index is 1240. The Morgan fingerprint density at radius 3 is 2.49 bits per heavy atom. The van der Waals surface area contributed by atoms with Crippen LogP contribution in [0.4, 0.5) is 11.4 Å². The van der Waals surface area contributed by atoms with E-state index in [9.17, 15) is 18.0 Å². The molecule has 0 aliphatic carbocycles. The fourth-order valence-electron chi connectivity index (χ4n) is 5.06. The third-order valence-electron chi connectivity index (χ3n) is 7.00. The highest BCUT2D eigenvalue weighted by Crippen LogP contribution is 2.37. The van der Waals surface area contributed by atoms with E-state index in [2.05, 4.69) is 22.3 Å². The highest BCUT2D eigenvalue weighted by Gasteiger charge is 2.42. The molecule has 5 rings (SSSR count). The van der Waals surface area contributed by atoms with Crippen molar-refractivity contribution in [3.8, 4) is 5.75 Å². The summed E-state index contributed by atoms with van der Waals surface area (Å²) in [6.45, 7) is 6.13. The number of hydrogen-bond donors (Lipinski definition) is 1. The number of hydrogen-bond acceptors (Lipinski definition) is 6. The molecule has 0 aromatic heterocycles. The maximum absolute atomic E-state index is 13.7. The zero-order valence-electron chi connectivity index (χ0n) is 19.9. The van der Waals surface area contributed by atoms with E-state index in [0.717, 1.165) is 5.69 Å². The second-order valence-electron chi connectivity index (χ2n) is 9.28. The summed E-state index contributed by atoms with van der Waals surface area (Å²) in [5.74, 6) is -0.0861. The van der Waals surface area contributed by atoms with Crippen LogP contribution in [0.25, 0.3) is 0 Å². The van der Waals surface area contributed by atoms with Crippen molar-refractivity contribution in [1.29, 1.82) is 0 Å². The number of nitrogens with zero attached hydrogens (tertiary/aromatic N) is 3. The first-order valence-corrected chi connectivity index (χ1v) is 13.4. The minimum absolute atomic E-state index is 0.105. The van der Waals surface area contributed by atoms with Crippen LogP contribution in [0.1, 0.15) is 25.3 Å². The highest BCUT2D eigenvalue weighted by molar-refractivity contribution is 7.89. The van der Waals surface area contributed by atoms with E-state index in [1.54, 1.807) is 24.8 Å². The van der Waals surface area contributed by atoms with Crippen molar-refractivity contribution in [2.45, 2.75) is 43.7 Å². The molecular formula is C25H30N4O5S. The Balaban J connectivity index is 1.33. The van der Waals surface area contributed by atoms with Crippen molar-refractivity contribution >= 4 is 33.2 Å². The first-order chi connectivity index (χ1) is 16.8. The number of anilines is 2. The number of fused-ring (bicyclic) bond motifs is 1. The molecule has 1 N–H and O–H groups in total. The van der Waals surface area contributed by atoms with Crippen LogP contribution < -0.4 is 15.0 Å². The van der Waals surface area contributed by atoms with Gasteiger partial charge in [-0.3, -0.25) is 9.59 Å². The van der Waals surface area contributed by atoms with E-state index < -0.39 is 22.2 Å². The number of sulfonamides is 1. The standard InChI is InChI=1S/C25H30N4O5S/c1-17-15-20-22(34-18(2)24(30)26-20)16-23(17)35(32,33)29-10-6-9-21(29)25(31)28-13-11-27(12-14-28)19-7-4-3-5-8-19/h3-5,7-8,15-16,18,21H,6,9-14H2,1-2H3,(H,26,30)/t18-,21-/m1/s1. The number of carbonyl (C=O) groups excluding carboxylic acids is 2. The van der Waals surface area contributed by atoms with Gasteiger partial charge in [-0.2, -0.15) is 4.31 Å². The number of benzene rings is 2. The van der Waals surface area contributed by atoms with Crippen molar-refractivity contribution in [2.75, 3.05) is 42.9 Å². The van der Waals surface area contributed by atoms with Crippen molar-refractivity contribution in [3.05, 3.63) is 48.0 Å². The molecule has 2 aromatic rings. The molecule has 0 spiro atoms. The molecule has 2 fully saturated rings. The van der Waals surface area contributed by atoms with E-state index in [1.807, 2.05) is 18.2 Å². The second-order valence-corrected chi connectivity index (χ2v) is 11.1. The largest absolute Gasteiger partial charge is 0.479 e. The van der Waals surface area contributed by atoms with Crippen LogP contribution in [0.15, 0.2) is 47.4 Å². The van der Waals surface area contributed by atoms with Crippen molar-refractivity contribution < 1.29 is 22.7 Å². The third kappa shape index (κ3) is 4.36. The first kappa shape index (κ1) is 23.6. The molecular weight excluding hydrogens is 468 g/mol. The predicted molar refractivity (Wildman–Crippen MR) is 132 cm³/mol. The molecule has 0 radical (unpaired) electrons. The third-order valence-corrected chi connectivity index (χ3v) is 9.05. The van der Waals surface area contributed by atoms with Crippen LogP contribution >= 0.6 is 0 Å². The zero-order valence-corrected chi connectivity index (χ0v) is 20.8. The number of amides is 2. The van der Waals surface area contributed by atoms with Crippen LogP contribution in [0, 0.1) is 6.92 Å². The van der Waals surface area contributed by atoms with E-state index in [0.29, 0.717) is 62.6 Å². The Kier molecular flexibility index (Phi) is 6.18. The molecule has 0 saturated carbocycles. The molecule has 0 unspecified atom stereocenters. The molecule has 9 nitrogen and oxygen atoms in total. The van der Waals surface area contributed by atoms with Gasteiger partial charge in [0.05, 0.1) is 10.6 Å². The molecule has 0 bridgehead atoms. The first-order valence-electron chi connectivity index (χ1n) is 12.0. The lowest BCUT2D eigenvalue weighted by Gasteiger charge is -2.38. The number of nitrogens with one attached hydrogen (secondary N) is 1. The summed E-state index contributed by atoms with van der Waals surface area (Å²) < 4.78 is 34.4. The molecule has 2 aromatic carbocycles. The number of para-hydroxylation sites is 1. The SMILES string of the molecule is Cc1cc2c(cc1S(=O)(=O)N1CCC[C@@H]1C(=O)N1CCN(c3ccccc3)CC1)O[C@H](C)C(=O)N2. The summed E-state index contributed by atoms with van der Waals surface area (Å²) in [7, 11) is -3.94. The monoisotopic (exact) mass is 498 g/mol. The topological polar surface area (TPSA) is 99.3 Å².